The minimum Gasteiger partial charge on any atom is -0.423 e. The van der Waals surface area contributed by atoms with Crippen molar-refractivity contribution >= 4 is 23.1 Å². The second-order valence-corrected chi connectivity index (χ2v) is 6.53. The summed E-state index contributed by atoms with van der Waals surface area (Å²) in [7, 11) is -6.99. The van der Waals surface area contributed by atoms with Gasteiger partial charge in [0.2, 0.25) is 0 Å². The number of hydrogen-bond donors (Lipinski definition) is 3. The van der Waals surface area contributed by atoms with Crippen molar-refractivity contribution < 1.29 is 26.5 Å². The molecule has 0 spiro atoms. The maximum absolute atomic E-state index is 12.9. The number of hydrogen-bond acceptors (Lipinski definition) is 7. The lowest BCUT2D eigenvalue weighted by atomic mass is 9.73. The summed E-state index contributed by atoms with van der Waals surface area (Å²) < 4.78 is 38.8. The molecule has 0 unspecified atom stereocenters. The van der Waals surface area contributed by atoms with Crippen molar-refractivity contribution in [2.24, 2.45) is 0 Å². The largest absolute Gasteiger partial charge is 0.489 e. The summed E-state index contributed by atoms with van der Waals surface area (Å²) in [5.74, 6) is -0.230. The lowest BCUT2D eigenvalue weighted by molar-refractivity contribution is 0.232. The van der Waals surface area contributed by atoms with E-state index in [0.29, 0.717) is 17.7 Å². The molecule has 128 valence electrons. The predicted molar refractivity (Wildman–Crippen MR) is 84.5 cm³/mol. The van der Waals surface area contributed by atoms with Crippen molar-refractivity contribution in [2.45, 2.75) is 20.4 Å². The van der Waals surface area contributed by atoms with Gasteiger partial charge in [-0.15, -0.1) is 0 Å². The van der Waals surface area contributed by atoms with E-state index in [1.807, 2.05) is 0 Å². The Labute approximate surface area is 135 Å². The molecule has 0 amide bonds. The smallest absolute Gasteiger partial charge is 0.423 e. The molecule has 0 radical (unpaired) electrons. The van der Waals surface area contributed by atoms with Crippen LogP contribution in [0.2, 0.25) is 0 Å². The van der Waals surface area contributed by atoms with Crippen molar-refractivity contribution in [1.82, 2.24) is 10.2 Å². The molecule has 0 aliphatic carbocycles. The van der Waals surface area contributed by atoms with Crippen LogP contribution in [0.5, 0.6) is 5.75 Å². The van der Waals surface area contributed by atoms with Gasteiger partial charge < -0.3 is 19.5 Å². The van der Waals surface area contributed by atoms with E-state index >= 15 is 0 Å². The molecule has 1 aromatic carbocycles. The van der Waals surface area contributed by atoms with Crippen molar-refractivity contribution in [3.8, 4) is 5.75 Å². The van der Waals surface area contributed by atoms with Crippen molar-refractivity contribution in [3.05, 3.63) is 22.8 Å². The molecule has 0 atom stereocenters. The van der Waals surface area contributed by atoms with Gasteiger partial charge in [0.25, 0.3) is 0 Å². The fraction of sp³-hybridized carbons (Fsp3) is 0.538. The fourth-order valence-electron chi connectivity index (χ4n) is 2.82. The first-order valence-electron chi connectivity index (χ1n) is 7.25. The third-order valence-electron chi connectivity index (χ3n) is 4.02. The molecule has 1 heterocycles. The molecule has 1 aliphatic heterocycles. The maximum Gasteiger partial charge on any atom is 0.489 e. The Hall–Kier alpha value is -1.20. The molecule has 0 aromatic heterocycles. The first-order chi connectivity index (χ1) is 10.7. The first kappa shape index (κ1) is 18.1. The summed E-state index contributed by atoms with van der Waals surface area (Å²) in [6.07, 6.45) is 0. The Bertz CT molecular complexity index is 677. The van der Waals surface area contributed by atoms with E-state index in [-0.39, 0.29) is 16.8 Å². The zero-order chi connectivity index (χ0) is 17.2. The summed E-state index contributed by atoms with van der Waals surface area (Å²) >= 11 is 0. The number of benzene rings is 1. The molecule has 1 fully saturated rings. The van der Waals surface area contributed by atoms with Crippen LogP contribution in [0, 0.1) is 13.8 Å². The van der Waals surface area contributed by atoms with E-state index in [4.69, 9.17) is 0 Å². The number of nitrogens with zero attached hydrogens (tertiary/aromatic N) is 1. The Balaban J connectivity index is 2.43. The van der Waals surface area contributed by atoms with Crippen LogP contribution in [-0.2, 0) is 17.0 Å². The Kier molecular flexibility index (Phi) is 5.63. The van der Waals surface area contributed by atoms with E-state index in [2.05, 4.69) is 14.4 Å². The van der Waals surface area contributed by atoms with Crippen LogP contribution >= 0.6 is 0 Å². The third kappa shape index (κ3) is 4.64. The summed E-state index contributed by atoms with van der Waals surface area (Å²) in [5, 5.41) is 22.4. The highest BCUT2D eigenvalue weighted by Crippen LogP contribution is 2.24. The van der Waals surface area contributed by atoms with Gasteiger partial charge in [0.1, 0.15) is 5.75 Å². The topological polar surface area (TPSA) is 99.1 Å². The van der Waals surface area contributed by atoms with Gasteiger partial charge in [-0.1, -0.05) is 3.89 Å². The quantitative estimate of drug-likeness (QED) is 0.464. The monoisotopic (exact) mass is 346 g/mol. The van der Waals surface area contributed by atoms with E-state index in [9.17, 15) is 22.4 Å². The number of nitrogens with one attached hydrogen (secondary N) is 1. The molecule has 1 aliphatic rings. The zero-order valence-corrected chi connectivity index (χ0v) is 13.9. The number of piperazine rings is 1. The molecular weight excluding hydrogens is 326 g/mol. The van der Waals surface area contributed by atoms with Gasteiger partial charge in [-0.2, -0.15) is 8.42 Å². The third-order valence-corrected chi connectivity index (χ3v) is 4.39. The first-order valence-corrected chi connectivity index (χ1v) is 8.56. The standard InChI is InChI=1S/C13H20BFN2O5S/c1-9-11(8-17-5-3-16-4-6-17)7-12(22-23(15,20)21)10(2)13(9)14(18)19/h7,16,18-19H,3-6,8H2,1-2H3. The summed E-state index contributed by atoms with van der Waals surface area (Å²) in [6.45, 7) is 6.94. The molecular formula is C13H20BFN2O5S. The van der Waals surface area contributed by atoms with Crippen LogP contribution in [0.25, 0.3) is 0 Å². The minimum atomic E-state index is -5.19. The van der Waals surface area contributed by atoms with Gasteiger partial charge in [0.05, 0.1) is 0 Å². The van der Waals surface area contributed by atoms with Gasteiger partial charge >= 0.3 is 17.6 Å². The average Bonchev–Trinajstić information content (AvgIpc) is 2.43. The molecule has 3 N–H and O–H groups in total. The number of halogens is 1. The van der Waals surface area contributed by atoms with E-state index in [0.717, 1.165) is 26.2 Å². The van der Waals surface area contributed by atoms with Crippen LogP contribution in [0.3, 0.4) is 0 Å². The second kappa shape index (κ2) is 7.14. The van der Waals surface area contributed by atoms with Crippen LogP contribution < -0.4 is 15.0 Å². The zero-order valence-electron chi connectivity index (χ0n) is 13.0. The molecule has 23 heavy (non-hydrogen) atoms. The highest BCUT2D eigenvalue weighted by Gasteiger charge is 2.25. The van der Waals surface area contributed by atoms with Gasteiger partial charge in [-0.3, -0.25) is 4.90 Å². The minimum absolute atomic E-state index is 0.135. The SMILES string of the molecule is Cc1c(CN2CCNCC2)cc(OS(=O)(=O)F)c(C)c1B(O)O. The molecule has 1 aromatic rings. The Morgan fingerprint density at radius 1 is 1.30 bits per heavy atom. The van der Waals surface area contributed by atoms with Gasteiger partial charge in [0, 0.05) is 32.7 Å². The van der Waals surface area contributed by atoms with E-state index in [1.165, 1.54) is 13.0 Å². The summed E-state index contributed by atoms with van der Waals surface area (Å²) in [5.41, 5.74) is 1.61. The van der Waals surface area contributed by atoms with Crippen LogP contribution in [0.1, 0.15) is 16.7 Å². The molecule has 0 bridgehead atoms. The molecule has 2 rings (SSSR count). The van der Waals surface area contributed by atoms with Crippen molar-refractivity contribution in [2.75, 3.05) is 26.2 Å². The van der Waals surface area contributed by atoms with E-state index < -0.39 is 17.6 Å². The van der Waals surface area contributed by atoms with Crippen LogP contribution in [0.4, 0.5) is 3.89 Å². The highest BCUT2D eigenvalue weighted by atomic mass is 32.3. The summed E-state index contributed by atoms with van der Waals surface area (Å²) in [4.78, 5) is 2.13. The average molecular weight is 346 g/mol. The maximum atomic E-state index is 12.9. The highest BCUT2D eigenvalue weighted by molar-refractivity contribution is 7.81. The lowest BCUT2D eigenvalue weighted by Gasteiger charge is -2.28. The van der Waals surface area contributed by atoms with Crippen molar-refractivity contribution in [1.29, 1.82) is 0 Å². The van der Waals surface area contributed by atoms with Crippen LogP contribution in [0.15, 0.2) is 6.07 Å². The van der Waals surface area contributed by atoms with Gasteiger partial charge in [-0.05, 0) is 42.1 Å². The molecule has 1 saturated heterocycles. The van der Waals surface area contributed by atoms with E-state index in [1.54, 1.807) is 6.92 Å². The molecule has 7 nitrogen and oxygen atoms in total. The van der Waals surface area contributed by atoms with Crippen LogP contribution in [-0.4, -0.2) is 56.7 Å². The normalized spacial score (nSPS) is 16.4. The number of rotatable bonds is 5. The molecule has 10 heteroatoms. The van der Waals surface area contributed by atoms with Gasteiger partial charge in [-0.25, -0.2) is 0 Å². The van der Waals surface area contributed by atoms with Crippen molar-refractivity contribution in [3.63, 3.8) is 0 Å². The Morgan fingerprint density at radius 2 is 1.91 bits per heavy atom. The predicted octanol–water partition coefficient (Wildman–Crippen LogP) is -1.02. The van der Waals surface area contributed by atoms with Gasteiger partial charge in [0.15, 0.2) is 0 Å². The molecule has 0 saturated carbocycles. The Morgan fingerprint density at radius 3 is 2.43 bits per heavy atom. The summed E-state index contributed by atoms with van der Waals surface area (Å²) in [6, 6.07) is 1.44. The lowest BCUT2D eigenvalue weighted by Crippen LogP contribution is -2.43. The fourth-order valence-corrected chi connectivity index (χ4v) is 3.20. The second-order valence-electron chi connectivity index (χ2n) is 5.57.